The van der Waals surface area contributed by atoms with Crippen LogP contribution in [-0.2, 0) is 19.1 Å². The lowest BCUT2D eigenvalue weighted by molar-refractivity contribution is -0.305. The van der Waals surface area contributed by atoms with Crippen molar-refractivity contribution in [1.82, 2.24) is 5.32 Å². The molecule has 2 aliphatic rings. The van der Waals surface area contributed by atoms with Gasteiger partial charge in [-0.1, -0.05) is 11.8 Å². The molecule has 9 heteroatoms. The Balaban J connectivity index is 2.17. The predicted molar refractivity (Wildman–Crippen MR) is 82.6 cm³/mol. The second-order valence-electron chi connectivity index (χ2n) is 5.66. The summed E-state index contributed by atoms with van der Waals surface area (Å²) >= 11 is 0.962. The summed E-state index contributed by atoms with van der Waals surface area (Å²) in [5.41, 5.74) is 0.789. The molecule has 0 bridgehead atoms. The monoisotopic (exact) mass is 338 g/mol. The van der Waals surface area contributed by atoms with E-state index in [1.807, 2.05) is 0 Å². The van der Waals surface area contributed by atoms with Crippen LogP contribution >= 0.6 is 11.8 Å². The van der Waals surface area contributed by atoms with Crippen molar-refractivity contribution in [2.24, 2.45) is 10.2 Å². The number of thioether (sulfide) groups is 1. The standard InChI is InChI=1S/C14H17N3O5S/c1-6-10(12(21)22-14(6,3)4)7(2)16-17-13-15-11(20)8(23-13)5-9(18)19/h8H,5H2,1-4H3,(H,18,19)(H,15,17,20)/p-1/b16-7-/t8-/m1/s1. The topological polar surface area (TPSA) is 120 Å². The van der Waals surface area contributed by atoms with E-state index < -0.39 is 35.1 Å². The highest BCUT2D eigenvalue weighted by atomic mass is 32.2. The molecule has 0 aliphatic carbocycles. The fourth-order valence-electron chi connectivity index (χ4n) is 2.14. The molecule has 0 aromatic carbocycles. The number of hydrogen-bond donors (Lipinski definition) is 1. The van der Waals surface area contributed by atoms with Gasteiger partial charge in [0.1, 0.15) is 5.60 Å². The molecule has 1 fully saturated rings. The lowest BCUT2D eigenvalue weighted by Gasteiger charge is -2.18. The number of esters is 1. The Hall–Kier alpha value is -2.16. The van der Waals surface area contributed by atoms with Gasteiger partial charge in [-0.3, -0.25) is 4.79 Å². The number of hydrogen-bond acceptors (Lipinski definition) is 8. The summed E-state index contributed by atoms with van der Waals surface area (Å²) in [6.07, 6.45) is -0.400. The molecule has 0 aromatic heterocycles. The van der Waals surface area contributed by atoms with E-state index in [-0.39, 0.29) is 5.17 Å². The third-order valence-corrected chi connectivity index (χ3v) is 4.68. The zero-order valence-corrected chi connectivity index (χ0v) is 13.9. The number of nitrogens with one attached hydrogen (secondary N) is 1. The van der Waals surface area contributed by atoms with Crippen molar-refractivity contribution in [2.75, 3.05) is 0 Å². The van der Waals surface area contributed by atoms with Crippen molar-refractivity contribution in [1.29, 1.82) is 0 Å². The third-order valence-electron chi connectivity index (χ3n) is 3.61. The van der Waals surface area contributed by atoms with Gasteiger partial charge in [0.15, 0.2) is 5.17 Å². The highest BCUT2D eigenvalue weighted by molar-refractivity contribution is 8.15. The molecule has 8 nitrogen and oxygen atoms in total. The second-order valence-corrected chi connectivity index (χ2v) is 6.85. The summed E-state index contributed by atoms with van der Waals surface area (Å²) in [5.74, 6) is -2.23. The molecule has 1 N–H and O–H groups in total. The van der Waals surface area contributed by atoms with Crippen LogP contribution in [0.1, 0.15) is 34.1 Å². The molecule has 2 aliphatic heterocycles. The SMILES string of the molecule is CC1=C(/C(C)=N\N=C2/NC(=O)[C@@H](CC(=O)[O-])S2)C(=O)OC1(C)C. The highest BCUT2D eigenvalue weighted by Crippen LogP contribution is 2.32. The second kappa shape index (κ2) is 6.15. The number of nitrogens with zero attached hydrogens (tertiary/aromatic N) is 2. The van der Waals surface area contributed by atoms with Crippen molar-refractivity contribution >= 4 is 40.5 Å². The molecular weight excluding hydrogens is 322 g/mol. The van der Waals surface area contributed by atoms with Crippen molar-refractivity contribution in [2.45, 2.75) is 45.0 Å². The number of amidine groups is 1. The molecule has 0 unspecified atom stereocenters. The highest BCUT2D eigenvalue weighted by Gasteiger charge is 2.39. The minimum Gasteiger partial charge on any atom is -0.550 e. The average Bonchev–Trinajstić information content (AvgIpc) is 2.84. The lowest BCUT2D eigenvalue weighted by atomic mass is 9.96. The predicted octanol–water partition coefficient (Wildman–Crippen LogP) is -0.258. The van der Waals surface area contributed by atoms with Gasteiger partial charge in [-0.15, -0.1) is 5.10 Å². The molecule has 124 valence electrons. The van der Waals surface area contributed by atoms with E-state index in [0.29, 0.717) is 11.3 Å². The Bertz CT molecular complexity index is 678. The number of rotatable bonds is 4. The van der Waals surface area contributed by atoms with Crippen molar-refractivity contribution in [3.8, 4) is 0 Å². The first-order chi connectivity index (χ1) is 10.6. The van der Waals surface area contributed by atoms with Gasteiger partial charge in [-0.2, -0.15) is 5.10 Å². The Morgan fingerprint density at radius 2 is 2.09 bits per heavy atom. The van der Waals surface area contributed by atoms with Gasteiger partial charge < -0.3 is 20.0 Å². The van der Waals surface area contributed by atoms with Gasteiger partial charge in [-0.25, -0.2) is 4.79 Å². The average molecular weight is 338 g/mol. The number of carboxylic acids is 1. The third kappa shape index (κ3) is 3.61. The molecule has 1 atom stereocenters. The molecule has 0 saturated carbocycles. The Kier molecular flexibility index (Phi) is 4.60. The molecule has 1 saturated heterocycles. The van der Waals surface area contributed by atoms with Crippen LogP contribution in [0, 0.1) is 0 Å². The van der Waals surface area contributed by atoms with Crippen LogP contribution in [0.2, 0.25) is 0 Å². The van der Waals surface area contributed by atoms with E-state index in [9.17, 15) is 19.5 Å². The van der Waals surface area contributed by atoms with Crippen molar-refractivity contribution in [3.63, 3.8) is 0 Å². The van der Waals surface area contributed by atoms with Gasteiger partial charge >= 0.3 is 5.97 Å². The van der Waals surface area contributed by atoms with Crippen molar-refractivity contribution in [3.05, 3.63) is 11.1 Å². The van der Waals surface area contributed by atoms with Gasteiger partial charge in [0.2, 0.25) is 5.91 Å². The fourth-order valence-corrected chi connectivity index (χ4v) is 3.04. The van der Waals surface area contributed by atoms with Gasteiger partial charge in [0.05, 0.1) is 16.5 Å². The van der Waals surface area contributed by atoms with Crippen molar-refractivity contribution < 1.29 is 24.2 Å². The minimum absolute atomic E-state index is 0.185. The Morgan fingerprint density at radius 1 is 1.43 bits per heavy atom. The number of ether oxygens (including phenoxy) is 1. The summed E-state index contributed by atoms with van der Waals surface area (Å²) in [4.78, 5) is 34.0. The summed E-state index contributed by atoms with van der Waals surface area (Å²) in [6, 6.07) is 0. The number of aliphatic carboxylic acids is 1. The van der Waals surface area contributed by atoms with Crippen LogP contribution in [0.3, 0.4) is 0 Å². The smallest absolute Gasteiger partial charge is 0.341 e. The van der Waals surface area contributed by atoms with Crippen LogP contribution < -0.4 is 10.4 Å². The van der Waals surface area contributed by atoms with E-state index in [1.54, 1.807) is 27.7 Å². The van der Waals surface area contributed by atoms with Crippen LogP contribution in [-0.4, -0.2) is 39.6 Å². The molecule has 23 heavy (non-hydrogen) atoms. The van der Waals surface area contributed by atoms with E-state index >= 15 is 0 Å². The number of carbonyl (C=O) groups is 3. The number of cyclic esters (lactones) is 1. The van der Waals surface area contributed by atoms with E-state index in [4.69, 9.17) is 4.74 Å². The maximum Gasteiger partial charge on any atom is 0.341 e. The first kappa shape index (κ1) is 17.2. The molecular formula is C14H16N3O5S-. The summed E-state index contributed by atoms with van der Waals surface area (Å²) in [7, 11) is 0. The van der Waals surface area contributed by atoms with Crippen LogP contribution in [0.4, 0.5) is 0 Å². The van der Waals surface area contributed by atoms with E-state index in [0.717, 1.165) is 17.3 Å². The Morgan fingerprint density at radius 3 is 2.61 bits per heavy atom. The van der Waals surface area contributed by atoms with Crippen LogP contribution in [0.5, 0.6) is 0 Å². The summed E-state index contributed by atoms with van der Waals surface area (Å²) in [6.45, 7) is 6.97. The maximum absolute atomic E-state index is 11.9. The first-order valence-electron chi connectivity index (χ1n) is 6.86. The van der Waals surface area contributed by atoms with Gasteiger partial charge in [-0.05, 0) is 33.3 Å². The Labute approximate surface area is 137 Å². The minimum atomic E-state index is -1.31. The number of amides is 1. The normalized spacial score (nSPS) is 25.8. The zero-order chi connectivity index (χ0) is 17.4. The van der Waals surface area contributed by atoms with E-state index in [1.165, 1.54) is 0 Å². The van der Waals surface area contributed by atoms with Crippen LogP contribution in [0.25, 0.3) is 0 Å². The van der Waals surface area contributed by atoms with E-state index in [2.05, 4.69) is 15.5 Å². The van der Waals surface area contributed by atoms with Crippen LogP contribution in [0.15, 0.2) is 21.3 Å². The molecule has 1 amide bonds. The quantitative estimate of drug-likeness (QED) is 0.428. The molecule has 0 spiro atoms. The molecule has 0 aromatic rings. The fraction of sp³-hybridized carbons (Fsp3) is 0.500. The molecule has 0 radical (unpaired) electrons. The zero-order valence-electron chi connectivity index (χ0n) is 13.1. The number of carboxylic acid groups (broad SMARTS) is 1. The first-order valence-corrected chi connectivity index (χ1v) is 7.74. The molecule has 2 heterocycles. The lowest BCUT2D eigenvalue weighted by Crippen LogP contribution is -2.31. The summed E-state index contributed by atoms with van der Waals surface area (Å²) in [5, 5.41) is 20.2. The number of carbonyl (C=O) groups excluding carboxylic acids is 3. The summed E-state index contributed by atoms with van der Waals surface area (Å²) < 4.78 is 5.25. The van der Waals surface area contributed by atoms with Gasteiger partial charge in [0, 0.05) is 12.4 Å². The largest absolute Gasteiger partial charge is 0.550 e. The molecule has 2 rings (SSSR count). The maximum atomic E-state index is 11.9. The van der Waals surface area contributed by atoms with Gasteiger partial charge in [0.25, 0.3) is 0 Å².